The predicted molar refractivity (Wildman–Crippen MR) is 66.9 cm³/mol. The molecule has 0 atom stereocenters. The first-order chi connectivity index (χ1) is 8.61. The molecule has 1 aromatic heterocycles. The normalized spacial score (nSPS) is 10.2. The lowest BCUT2D eigenvalue weighted by Crippen LogP contribution is -2.13. The third-order valence-electron chi connectivity index (χ3n) is 2.59. The Balaban J connectivity index is 2.21. The maximum absolute atomic E-state index is 12.1. The van der Waals surface area contributed by atoms with Gasteiger partial charge in [-0.2, -0.15) is 0 Å². The topological polar surface area (TPSA) is 64.4 Å². The quantitative estimate of drug-likeness (QED) is 0.903. The minimum atomic E-state index is -0.237. The van der Waals surface area contributed by atoms with Crippen LogP contribution in [0.3, 0.4) is 0 Å². The average molecular weight is 246 g/mol. The van der Waals surface area contributed by atoms with Crippen LogP contribution in [0.1, 0.15) is 21.8 Å². The van der Waals surface area contributed by atoms with E-state index in [9.17, 15) is 4.79 Å². The molecule has 2 rings (SSSR count). The van der Waals surface area contributed by atoms with Gasteiger partial charge in [-0.1, -0.05) is 11.2 Å². The van der Waals surface area contributed by atoms with Crippen LogP contribution in [-0.2, 0) is 0 Å². The van der Waals surface area contributed by atoms with Crippen molar-refractivity contribution in [3.05, 3.63) is 41.3 Å². The van der Waals surface area contributed by atoms with Gasteiger partial charge in [-0.05, 0) is 26.0 Å². The summed E-state index contributed by atoms with van der Waals surface area (Å²) in [6, 6.07) is 7.15. The van der Waals surface area contributed by atoms with Crippen LogP contribution in [-0.4, -0.2) is 18.2 Å². The van der Waals surface area contributed by atoms with Gasteiger partial charge in [-0.15, -0.1) is 0 Å². The van der Waals surface area contributed by atoms with Crippen molar-refractivity contribution in [3.63, 3.8) is 0 Å². The Morgan fingerprint density at radius 2 is 2.17 bits per heavy atom. The number of benzene rings is 1. The average Bonchev–Trinajstić information content (AvgIpc) is 2.69. The summed E-state index contributed by atoms with van der Waals surface area (Å²) >= 11 is 0. The van der Waals surface area contributed by atoms with Gasteiger partial charge in [0, 0.05) is 11.8 Å². The third-order valence-corrected chi connectivity index (χ3v) is 2.59. The molecule has 0 aliphatic heterocycles. The van der Waals surface area contributed by atoms with Gasteiger partial charge in [0.25, 0.3) is 5.91 Å². The summed E-state index contributed by atoms with van der Waals surface area (Å²) in [6.07, 6.45) is 0. The highest BCUT2D eigenvalue weighted by Crippen LogP contribution is 2.19. The van der Waals surface area contributed by atoms with E-state index in [1.165, 1.54) is 0 Å². The van der Waals surface area contributed by atoms with Gasteiger partial charge in [0.1, 0.15) is 17.1 Å². The summed E-state index contributed by atoms with van der Waals surface area (Å²) in [5.41, 5.74) is 1.71. The molecular weight excluding hydrogens is 232 g/mol. The fourth-order valence-corrected chi connectivity index (χ4v) is 1.70. The highest BCUT2D eigenvalue weighted by molar-refractivity contribution is 6.05. The Morgan fingerprint density at radius 3 is 2.78 bits per heavy atom. The van der Waals surface area contributed by atoms with Crippen LogP contribution >= 0.6 is 0 Å². The van der Waals surface area contributed by atoms with Crippen molar-refractivity contribution < 1.29 is 14.1 Å². The van der Waals surface area contributed by atoms with Crippen molar-refractivity contribution >= 4 is 11.6 Å². The number of carbonyl (C=O) groups is 1. The molecule has 0 spiro atoms. The maximum Gasteiger partial charge on any atom is 0.261 e. The summed E-state index contributed by atoms with van der Waals surface area (Å²) in [7, 11) is 1.58. The van der Waals surface area contributed by atoms with Gasteiger partial charge in [-0.25, -0.2) is 0 Å². The maximum atomic E-state index is 12.1. The van der Waals surface area contributed by atoms with Crippen LogP contribution < -0.4 is 10.1 Å². The van der Waals surface area contributed by atoms with Crippen molar-refractivity contribution in [2.24, 2.45) is 0 Å². The molecule has 5 nitrogen and oxygen atoms in total. The molecule has 0 unspecified atom stereocenters. The molecule has 0 bridgehead atoms. The molecule has 0 aliphatic carbocycles. The zero-order chi connectivity index (χ0) is 13.1. The molecule has 0 fully saturated rings. The SMILES string of the molecule is COc1cccc(NC(=O)c2c(C)noc2C)c1. The molecular formula is C13H14N2O3. The Kier molecular flexibility index (Phi) is 3.32. The number of aromatic nitrogens is 1. The van der Waals surface area contributed by atoms with Crippen LogP contribution in [0.4, 0.5) is 5.69 Å². The van der Waals surface area contributed by atoms with E-state index in [2.05, 4.69) is 10.5 Å². The van der Waals surface area contributed by atoms with E-state index < -0.39 is 0 Å². The van der Waals surface area contributed by atoms with E-state index in [-0.39, 0.29) is 5.91 Å². The molecule has 1 amide bonds. The summed E-state index contributed by atoms with van der Waals surface area (Å²) in [4.78, 5) is 12.1. The molecule has 1 aromatic carbocycles. The number of hydrogen-bond acceptors (Lipinski definition) is 4. The molecule has 1 N–H and O–H groups in total. The molecule has 5 heteroatoms. The molecule has 2 aromatic rings. The second kappa shape index (κ2) is 4.91. The first-order valence-electron chi connectivity index (χ1n) is 5.50. The molecule has 94 valence electrons. The molecule has 1 heterocycles. The van der Waals surface area contributed by atoms with Crippen LogP contribution in [0, 0.1) is 13.8 Å². The van der Waals surface area contributed by atoms with Gasteiger partial charge in [0.2, 0.25) is 0 Å². The Hall–Kier alpha value is -2.30. The molecule has 0 aliphatic rings. The second-order valence-corrected chi connectivity index (χ2v) is 3.89. The number of rotatable bonds is 3. The van der Waals surface area contributed by atoms with Crippen molar-refractivity contribution in [1.82, 2.24) is 5.16 Å². The number of carbonyl (C=O) groups excluding carboxylic acids is 1. The summed E-state index contributed by atoms with van der Waals surface area (Å²) in [5.74, 6) is 0.957. The number of methoxy groups -OCH3 is 1. The fourth-order valence-electron chi connectivity index (χ4n) is 1.70. The monoisotopic (exact) mass is 246 g/mol. The van der Waals surface area contributed by atoms with Crippen LogP contribution in [0.25, 0.3) is 0 Å². The summed E-state index contributed by atoms with van der Waals surface area (Å²) in [5, 5.41) is 6.53. The Morgan fingerprint density at radius 1 is 1.39 bits per heavy atom. The number of anilines is 1. The van der Waals surface area contributed by atoms with Crippen LogP contribution in [0.5, 0.6) is 5.75 Å². The first kappa shape index (κ1) is 12.2. The van der Waals surface area contributed by atoms with E-state index in [0.717, 1.165) is 0 Å². The highest BCUT2D eigenvalue weighted by atomic mass is 16.5. The van der Waals surface area contributed by atoms with E-state index in [0.29, 0.717) is 28.5 Å². The lowest BCUT2D eigenvalue weighted by atomic mass is 10.2. The van der Waals surface area contributed by atoms with Crippen molar-refractivity contribution in [3.8, 4) is 5.75 Å². The van der Waals surface area contributed by atoms with E-state index in [1.54, 1.807) is 33.1 Å². The number of aryl methyl sites for hydroxylation is 2. The van der Waals surface area contributed by atoms with Gasteiger partial charge in [-0.3, -0.25) is 4.79 Å². The lowest BCUT2D eigenvalue weighted by Gasteiger charge is -2.06. The van der Waals surface area contributed by atoms with Crippen molar-refractivity contribution in [2.75, 3.05) is 12.4 Å². The minimum Gasteiger partial charge on any atom is -0.497 e. The zero-order valence-electron chi connectivity index (χ0n) is 10.5. The van der Waals surface area contributed by atoms with Gasteiger partial charge < -0.3 is 14.6 Å². The molecule has 0 saturated heterocycles. The third kappa shape index (κ3) is 2.34. The van der Waals surface area contributed by atoms with Crippen molar-refractivity contribution in [2.45, 2.75) is 13.8 Å². The smallest absolute Gasteiger partial charge is 0.261 e. The Labute approximate surface area is 105 Å². The summed E-state index contributed by atoms with van der Waals surface area (Å²) in [6.45, 7) is 3.44. The van der Waals surface area contributed by atoms with E-state index >= 15 is 0 Å². The number of nitrogens with one attached hydrogen (secondary N) is 1. The van der Waals surface area contributed by atoms with Crippen molar-refractivity contribution in [1.29, 1.82) is 0 Å². The zero-order valence-corrected chi connectivity index (χ0v) is 10.5. The number of amides is 1. The standard InChI is InChI=1S/C13H14N2O3/c1-8-12(9(2)18-15-8)13(16)14-10-5-4-6-11(7-10)17-3/h4-7H,1-3H3,(H,14,16). The Bertz CT molecular complexity index is 556. The van der Waals surface area contributed by atoms with Crippen LogP contribution in [0.2, 0.25) is 0 Å². The van der Waals surface area contributed by atoms with E-state index in [4.69, 9.17) is 9.26 Å². The molecule has 18 heavy (non-hydrogen) atoms. The van der Waals surface area contributed by atoms with Crippen LogP contribution in [0.15, 0.2) is 28.8 Å². The number of ether oxygens (including phenoxy) is 1. The van der Waals surface area contributed by atoms with Gasteiger partial charge in [0.15, 0.2) is 0 Å². The molecule has 0 radical (unpaired) electrons. The number of nitrogens with zero attached hydrogens (tertiary/aromatic N) is 1. The fraction of sp³-hybridized carbons (Fsp3) is 0.231. The van der Waals surface area contributed by atoms with E-state index in [1.807, 2.05) is 12.1 Å². The highest BCUT2D eigenvalue weighted by Gasteiger charge is 2.17. The number of hydrogen-bond donors (Lipinski definition) is 1. The first-order valence-corrected chi connectivity index (χ1v) is 5.50. The largest absolute Gasteiger partial charge is 0.497 e. The molecule has 0 saturated carbocycles. The second-order valence-electron chi connectivity index (χ2n) is 3.89. The van der Waals surface area contributed by atoms with Gasteiger partial charge in [0.05, 0.1) is 12.8 Å². The van der Waals surface area contributed by atoms with Gasteiger partial charge >= 0.3 is 0 Å². The predicted octanol–water partition coefficient (Wildman–Crippen LogP) is 2.55. The minimum absolute atomic E-state index is 0.237. The lowest BCUT2D eigenvalue weighted by molar-refractivity contribution is 0.102. The summed E-state index contributed by atoms with van der Waals surface area (Å²) < 4.78 is 10.1.